The first kappa shape index (κ1) is 15.6. The maximum Gasteiger partial charge on any atom is 0.235 e. The minimum Gasteiger partial charge on any atom is -0.359 e. The number of hydrogen-bond acceptors (Lipinski definition) is 5. The summed E-state index contributed by atoms with van der Waals surface area (Å²) in [7, 11) is 1.69. The van der Waals surface area contributed by atoms with Crippen LogP contribution in [0.15, 0.2) is 24.8 Å². The van der Waals surface area contributed by atoms with Crippen molar-refractivity contribution in [1.82, 2.24) is 29.7 Å². The third-order valence-corrected chi connectivity index (χ3v) is 4.39. The molecular weight excluding hydrogens is 292 g/mol. The van der Waals surface area contributed by atoms with Gasteiger partial charge in [-0.25, -0.2) is 15.0 Å². The second-order valence-corrected chi connectivity index (χ2v) is 5.79. The second kappa shape index (κ2) is 6.45. The Morgan fingerprint density at radius 1 is 1.43 bits per heavy atom. The lowest BCUT2D eigenvalue weighted by molar-refractivity contribution is -0.125. The first-order valence-electron chi connectivity index (χ1n) is 7.93. The number of nitrogens with zero attached hydrogens (tertiary/aromatic N) is 5. The Kier molecular flexibility index (Phi) is 4.38. The fourth-order valence-electron chi connectivity index (χ4n) is 3.29. The molecule has 2 unspecified atom stereocenters. The van der Waals surface area contributed by atoms with Crippen LogP contribution in [0.4, 0.5) is 0 Å². The van der Waals surface area contributed by atoms with Gasteiger partial charge in [-0.3, -0.25) is 14.3 Å². The lowest BCUT2D eigenvalue weighted by atomic mass is 9.96. The molecule has 1 saturated heterocycles. The van der Waals surface area contributed by atoms with Gasteiger partial charge in [0.05, 0.1) is 17.7 Å². The predicted molar refractivity (Wildman–Crippen MR) is 86.1 cm³/mol. The molecule has 0 bridgehead atoms. The van der Waals surface area contributed by atoms with Crippen molar-refractivity contribution >= 4 is 5.91 Å². The summed E-state index contributed by atoms with van der Waals surface area (Å²) in [5.74, 6) is 0.590. The number of aryl methyl sites for hydroxylation is 1. The Hall–Kier alpha value is -2.28. The van der Waals surface area contributed by atoms with E-state index < -0.39 is 0 Å². The van der Waals surface area contributed by atoms with Crippen LogP contribution in [-0.4, -0.2) is 50.5 Å². The van der Waals surface area contributed by atoms with Crippen molar-refractivity contribution in [1.29, 1.82) is 0 Å². The number of rotatable bonds is 4. The molecule has 1 fully saturated rings. The molecule has 3 rings (SSSR count). The van der Waals surface area contributed by atoms with Crippen LogP contribution in [-0.2, 0) is 4.79 Å². The van der Waals surface area contributed by atoms with E-state index in [0.29, 0.717) is 5.95 Å². The summed E-state index contributed by atoms with van der Waals surface area (Å²) in [6.45, 7) is 5.86. The van der Waals surface area contributed by atoms with Crippen LogP contribution < -0.4 is 5.32 Å². The van der Waals surface area contributed by atoms with Crippen LogP contribution in [0, 0.1) is 12.8 Å². The van der Waals surface area contributed by atoms with Gasteiger partial charge in [0.2, 0.25) is 11.9 Å². The van der Waals surface area contributed by atoms with Gasteiger partial charge in [-0.05, 0) is 32.5 Å². The van der Waals surface area contributed by atoms with Crippen LogP contribution in [0.25, 0.3) is 5.95 Å². The van der Waals surface area contributed by atoms with Crippen molar-refractivity contribution in [2.24, 2.45) is 5.92 Å². The van der Waals surface area contributed by atoms with Crippen LogP contribution in [0.5, 0.6) is 0 Å². The largest absolute Gasteiger partial charge is 0.359 e. The number of amides is 1. The van der Waals surface area contributed by atoms with Gasteiger partial charge in [0.1, 0.15) is 6.33 Å². The number of aromatic nitrogens is 4. The fourth-order valence-corrected chi connectivity index (χ4v) is 3.29. The van der Waals surface area contributed by atoms with Crippen molar-refractivity contribution in [3.05, 3.63) is 36.2 Å². The summed E-state index contributed by atoms with van der Waals surface area (Å²) in [4.78, 5) is 27.8. The molecule has 7 nitrogen and oxygen atoms in total. The highest BCUT2D eigenvalue weighted by molar-refractivity contribution is 5.79. The summed E-state index contributed by atoms with van der Waals surface area (Å²) in [6, 6.07) is 1.97. The zero-order valence-corrected chi connectivity index (χ0v) is 13.7. The van der Waals surface area contributed by atoms with Crippen LogP contribution >= 0.6 is 0 Å². The van der Waals surface area contributed by atoms with Crippen molar-refractivity contribution in [3.8, 4) is 5.95 Å². The Morgan fingerprint density at radius 3 is 2.91 bits per heavy atom. The molecule has 1 amide bonds. The Labute approximate surface area is 135 Å². The summed E-state index contributed by atoms with van der Waals surface area (Å²) in [5, 5.41) is 2.78. The molecule has 1 aliphatic rings. The first-order valence-corrected chi connectivity index (χ1v) is 7.93. The molecule has 0 spiro atoms. The third kappa shape index (κ3) is 2.96. The smallest absolute Gasteiger partial charge is 0.235 e. The molecule has 23 heavy (non-hydrogen) atoms. The molecule has 1 N–H and O–H groups in total. The van der Waals surface area contributed by atoms with Crippen molar-refractivity contribution in [2.45, 2.75) is 26.3 Å². The normalized spacial score (nSPS) is 21.5. The van der Waals surface area contributed by atoms with E-state index in [-0.39, 0.29) is 17.9 Å². The van der Waals surface area contributed by atoms with E-state index in [1.807, 2.05) is 19.2 Å². The Morgan fingerprint density at radius 2 is 2.26 bits per heavy atom. The summed E-state index contributed by atoms with van der Waals surface area (Å²) in [6.07, 6.45) is 6.05. The molecule has 2 atom stereocenters. The molecule has 2 aromatic heterocycles. The van der Waals surface area contributed by atoms with Crippen molar-refractivity contribution < 1.29 is 4.79 Å². The molecule has 0 radical (unpaired) electrons. The number of hydrogen-bond donors (Lipinski definition) is 1. The van der Waals surface area contributed by atoms with Gasteiger partial charge >= 0.3 is 0 Å². The standard InChI is InChI=1S/C16H22N6O/c1-4-21-7-5-12(15(23)17-3)14(21)13-9-11(2)19-16(20-13)22-8-6-18-10-22/h6,8-10,12,14H,4-5,7H2,1-3H3,(H,17,23). The van der Waals surface area contributed by atoms with E-state index >= 15 is 0 Å². The van der Waals surface area contributed by atoms with Gasteiger partial charge in [-0.1, -0.05) is 6.92 Å². The average Bonchev–Trinajstić information content (AvgIpc) is 3.22. The molecule has 0 saturated carbocycles. The predicted octanol–water partition coefficient (Wildman–Crippen LogP) is 1.10. The molecule has 1 aliphatic heterocycles. The van der Waals surface area contributed by atoms with Crippen LogP contribution in [0.3, 0.4) is 0 Å². The zero-order chi connectivity index (χ0) is 16.4. The van der Waals surface area contributed by atoms with E-state index in [2.05, 4.69) is 27.1 Å². The van der Waals surface area contributed by atoms with E-state index in [1.165, 1.54) is 0 Å². The van der Waals surface area contributed by atoms with Crippen LogP contribution in [0.2, 0.25) is 0 Å². The van der Waals surface area contributed by atoms with Gasteiger partial charge in [0, 0.05) is 25.1 Å². The number of carbonyl (C=O) groups excluding carboxylic acids is 1. The van der Waals surface area contributed by atoms with E-state index in [4.69, 9.17) is 4.98 Å². The molecule has 0 aromatic carbocycles. The average molecular weight is 314 g/mol. The quantitative estimate of drug-likeness (QED) is 0.914. The number of nitrogens with one attached hydrogen (secondary N) is 1. The Bertz CT molecular complexity index is 684. The molecule has 7 heteroatoms. The number of imidazole rings is 1. The van der Waals surface area contributed by atoms with Gasteiger partial charge in [0.15, 0.2) is 0 Å². The topological polar surface area (TPSA) is 75.9 Å². The van der Waals surface area contributed by atoms with Gasteiger partial charge in [0.25, 0.3) is 0 Å². The molecular formula is C16H22N6O. The Balaban J connectivity index is 2.02. The minimum absolute atomic E-state index is 0.0103. The third-order valence-electron chi connectivity index (χ3n) is 4.39. The summed E-state index contributed by atoms with van der Waals surface area (Å²) in [5.41, 5.74) is 1.78. The van der Waals surface area contributed by atoms with Crippen molar-refractivity contribution in [2.75, 3.05) is 20.1 Å². The maximum atomic E-state index is 12.3. The SMILES string of the molecule is CCN1CCC(C(=O)NC)C1c1cc(C)nc(-n2ccnc2)n1. The monoisotopic (exact) mass is 314 g/mol. The fraction of sp³-hybridized carbons (Fsp3) is 0.500. The highest BCUT2D eigenvalue weighted by atomic mass is 16.1. The summed E-state index contributed by atoms with van der Waals surface area (Å²) >= 11 is 0. The maximum absolute atomic E-state index is 12.3. The lowest BCUT2D eigenvalue weighted by Gasteiger charge is -2.26. The van der Waals surface area contributed by atoms with Crippen LogP contribution in [0.1, 0.15) is 30.8 Å². The minimum atomic E-state index is -0.0788. The highest BCUT2D eigenvalue weighted by Crippen LogP contribution is 2.36. The zero-order valence-electron chi connectivity index (χ0n) is 13.7. The van der Waals surface area contributed by atoms with Gasteiger partial charge < -0.3 is 5.32 Å². The molecule has 122 valence electrons. The first-order chi connectivity index (χ1) is 11.1. The second-order valence-electron chi connectivity index (χ2n) is 5.79. The number of likely N-dealkylation sites (tertiary alicyclic amines) is 1. The lowest BCUT2D eigenvalue weighted by Crippen LogP contribution is -2.34. The van der Waals surface area contributed by atoms with E-state index in [1.54, 1.807) is 24.1 Å². The molecule has 3 heterocycles. The summed E-state index contributed by atoms with van der Waals surface area (Å²) < 4.78 is 1.79. The van der Waals surface area contributed by atoms with Crippen molar-refractivity contribution in [3.63, 3.8) is 0 Å². The van der Waals surface area contributed by atoms with E-state index in [9.17, 15) is 4.79 Å². The number of carbonyl (C=O) groups is 1. The molecule has 2 aromatic rings. The van der Waals surface area contributed by atoms with Gasteiger partial charge in [-0.15, -0.1) is 0 Å². The highest BCUT2D eigenvalue weighted by Gasteiger charge is 2.39. The molecule has 0 aliphatic carbocycles. The van der Waals surface area contributed by atoms with Gasteiger partial charge in [-0.2, -0.15) is 0 Å². The van der Waals surface area contributed by atoms with E-state index in [0.717, 1.165) is 30.9 Å².